The molecule has 6 heteroatoms. The second kappa shape index (κ2) is 6.36. The fraction of sp³-hybridized carbons (Fsp3) is 0.636. The van der Waals surface area contributed by atoms with Crippen LogP contribution >= 0.6 is 0 Å². The molecule has 1 atom stereocenters. The maximum atomic E-state index is 5.53. The van der Waals surface area contributed by atoms with Gasteiger partial charge < -0.3 is 20.1 Å². The Morgan fingerprint density at radius 2 is 2.12 bits per heavy atom. The molecule has 0 saturated carbocycles. The normalized spacial score (nSPS) is 19.9. The van der Waals surface area contributed by atoms with E-state index in [2.05, 4.69) is 20.6 Å². The molecule has 94 valence electrons. The first-order chi connectivity index (χ1) is 8.38. The summed E-state index contributed by atoms with van der Waals surface area (Å²) in [5, 5.41) is 6.31. The highest BCUT2D eigenvalue weighted by Gasteiger charge is 2.13. The fourth-order valence-corrected chi connectivity index (χ4v) is 1.59. The second-order valence-corrected chi connectivity index (χ2v) is 3.77. The largest absolute Gasteiger partial charge is 0.376 e. The number of hydrogen-bond acceptors (Lipinski definition) is 6. The molecule has 2 rings (SSSR count). The number of ether oxygens (including phenoxy) is 2. The number of nitrogens with one attached hydrogen (secondary N) is 2. The Morgan fingerprint density at radius 3 is 2.82 bits per heavy atom. The van der Waals surface area contributed by atoms with E-state index in [-0.39, 0.29) is 6.10 Å². The van der Waals surface area contributed by atoms with Gasteiger partial charge in [-0.2, -0.15) is 0 Å². The lowest BCUT2D eigenvalue weighted by Gasteiger charge is -2.23. The lowest BCUT2D eigenvalue weighted by atomic mass is 10.3. The van der Waals surface area contributed by atoms with Crippen molar-refractivity contribution in [1.29, 1.82) is 0 Å². The topological polar surface area (TPSA) is 68.3 Å². The van der Waals surface area contributed by atoms with Crippen molar-refractivity contribution in [2.75, 3.05) is 43.5 Å². The van der Waals surface area contributed by atoms with E-state index in [0.717, 1.165) is 18.2 Å². The molecule has 1 unspecified atom stereocenters. The lowest BCUT2D eigenvalue weighted by molar-refractivity contribution is -0.0819. The third-order valence-electron chi connectivity index (χ3n) is 2.39. The van der Waals surface area contributed by atoms with Crippen LogP contribution in [0.25, 0.3) is 0 Å². The van der Waals surface area contributed by atoms with Gasteiger partial charge in [0, 0.05) is 13.1 Å². The molecule has 1 aliphatic rings. The maximum Gasteiger partial charge on any atom is 0.147 e. The smallest absolute Gasteiger partial charge is 0.147 e. The van der Waals surface area contributed by atoms with Crippen LogP contribution in [0.4, 0.5) is 11.6 Å². The van der Waals surface area contributed by atoms with Crippen LogP contribution in [0.2, 0.25) is 0 Å². The van der Waals surface area contributed by atoms with Gasteiger partial charge in [0.1, 0.15) is 11.6 Å². The minimum atomic E-state index is 0.0911. The molecule has 0 radical (unpaired) electrons. The van der Waals surface area contributed by atoms with Crippen molar-refractivity contribution in [1.82, 2.24) is 9.97 Å². The molecule has 1 aromatic heterocycles. The van der Waals surface area contributed by atoms with E-state index in [4.69, 9.17) is 9.47 Å². The van der Waals surface area contributed by atoms with Crippen LogP contribution in [-0.2, 0) is 9.47 Å². The molecule has 17 heavy (non-hydrogen) atoms. The number of aromatic nitrogens is 2. The molecule has 1 aliphatic heterocycles. The van der Waals surface area contributed by atoms with Crippen molar-refractivity contribution in [2.24, 2.45) is 0 Å². The zero-order valence-electron chi connectivity index (χ0n) is 9.98. The molecule has 1 saturated heterocycles. The average molecular weight is 238 g/mol. The quantitative estimate of drug-likeness (QED) is 0.788. The van der Waals surface area contributed by atoms with Crippen molar-refractivity contribution >= 4 is 11.6 Å². The number of nitrogens with zero attached hydrogens (tertiary/aromatic N) is 2. The van der Waals surface area contributed by atoms with E-state index >= 15 is 0 Å². The molecule has 6 nitrogen and oxygen atoms in total. The highest BCUT2D eigenvalue weighted by atomic mass is 16.6. The van der Waals surface area contributed by atoms with Crippen LogP contribution in [0, 0.1) is 0 Å². The second-order valence-electron chi connectivity index (χ2n) is 3.77. The minimum absolute atomic E-state index is 0.0911. The zero-order valence-corrected chi connectivity index (χ0v) is 9.98. The highest BCUT2D eigenvalue weighted by molar-refractivity contribution is 5.41. The van der Waals surface area contributed by atoms with Gasteiger partial charge in [-0.1, -0.05) is 0 Å². The SMILES string of the molecule is CCNc1cncc(NCC2COCCO2)n1. The first-order valence-electron chi connectivity index (χ1n) is 5.87. The minimum Gasteiger partial charge on any atom is -0.376 e. The lowest BCUT2D eigenvalue weighted by Crippen LogP contribution is -2.34. The molecule has 1 aromatic rings. The first-order valence-corrected chi connectivity index (χ1v) is 5.87. The first kappa shape index (κ1) is 12.1. The molecule has 0 aromatic carbocycles. The van der Waals surface area contributed by atoms with Crippen LogP contribution in [0.15, 0.2) is 12.4 Å². The molecule has 0 bridgehead atoms. The van der Waals surface area contributed by atoms with Gasteiger partial charge in [0.15, 0.2) is 0 Å². The van der Waals surface area contributed by atoms with E-state index < -0.39 is 0 Å². The molecular weight excluding hydrogens is 220 g/mol. The summed E-state index contributed by atoms with van der Waals surface area (Å²) >= 11 is 0. The van der Waals surface area contributed by atoms with Crippen molar-refractivity contribution in [3.8, 4) is 0 Å². The summed E-state index contributed by atoms with van der Waals surface area (Å²) in [5.41, 5.74) is 0. The monoisotopic (exact) mass is 238 g/mol. The van der Waals surface area contributed by atoms with Gasteiger partial charge in [-0.25, -0.2) is 4.98 Å². The fourth-order valence-electron chi connectivity index (χ4n) is 1.59. The summed E-state index contributed by atoms with van der Waals surface area (Å²) in [6.07, 6.45) is 3.49. The van der Waals surface area contributed by atoms with Crippen LogP contribution in [0.3, 0.4) is 0 Å². The van der Waals surface area contributed by atoms with Crippen molar-refractivity contribution in [2.45, 2.75) is 13.0 Å². The zero-order chi connectivity index (χ0) is 11.9. The molecule has 0 amide bonds. The molecule has 0 spiro atoms. The van der Waals surface area contributed by atoms with Crippen LogP contribution in [-0.4, -0.2) is 49.0 Å². The van der Waals surface area contributed by atoms with Gasteiger partial charge in [-0.3, -0.25) is 4.98 Å². The molecule has 2 heterocycles. The molecule has 2 N–H and O–H groups in total. The summed E-state index contributed by atoms with van der Waals surface area (Å²) in [6.45, 7) is 5.52. The summed E-state index contributed by atoms with van der Waals surface area (Å²) < 4.78 is 10.8. The Bertz CT molecular complexity index is 342. The average Bonchev–Trinajstić information content (AvgIpc) is 2.39. The van der Waals surface area contributed by atoms with Crippen LogP contribution in [0.1, 0.15) is 6.92 Å². The van der Waals surface area contributed by atoms with Crippen LogP contribution in [0.5, 0.6) is 0 Å². The predicted molar refractivity (Wildman–Crippen MR) is 65.2 cm³/mol. The Labute approximate surface area is 101 Å². The van der Waals surface area contributed by atoms with Gasteiger partial charge in [0.25, 0.3) is 0 Å². The van der Waals surface area contributed by atoms with Crippen LogP contribution < -0.4 is 10.6 Å². The molecular formula is C11H18N4O2. The highest BCUT2D eigenvalue weighted by Crippen LogP contribution is 2.07. The van der Waals surface area contributed by atoms with Gasteiger partial charge in [0.05, 0.1) is 38.3 Å². The summed E-state index contributed by atoms with van der Waals surface area (Å²) in [5.74, 6) is 1.52. The number of anilines is 2. The van der Waals surface area contributed by atoms with E-state index in [1.807, 2.05) is 6.92 Å². The van der Waals surface area contributed by atoms with Gasteiger partial charge in [0.2, 0.25) is 0 Å². The van der Waals surface area contributed by atoms with E-state index in [9.17, 15) is 0 Å². The van der Waals surface area contributed by atoms with E-state index in [1.54, 1.807) is 12.4 Å². The predicted octanol–water partition coefficient (Wildman–Crippen LogP) is 0.736. The summed E-state index contributed by atoms with van der Waals surface area (Å²) in [7, 11) is 0. The van der Waals surface area contributed by atoms with Crippen molar-refractivity contribution in [3.05, 3.63) is 12.4 Å². The molecule has 0 aliphatic carbocycles. The standard InChI is InChI=1S/C11H18N4O2/c1-2-13-10-6-12-7-11(15-10)14-5-9-8-16-3-4-17-9/h6-7,9H,2-5,8H2,1H3,(H2,13,14,15). The number of rotatable bonds is 5. The maximum absolute atomic E-state index is 5.53. The van der Waals surface area contributed by atoms with E-state index in [0.29, 0.717) is 26.4 Å². The molecule has 1 fully saturated rings. The van der Waals surface area contributed by atoms with Crippen molar-refractivity contribution < 1.29 is 9.47 Å². The Kier molecular flexibility index (Phi) is 4.52. The summed E-state index contributed by atoms with van der Waals surface area (Å²) in [4.78, 5) is 8.47. The Balaban J connectivity index is 1.83. The van der Waals surface area contributed by atoms with Crippen molar-refractivity contribution in [3.63, 3.8) is 0 Å². The Hall–Kier alpha value is -1.40. The van der Waals surface area contributed by atoms with Gasteiger partial charge >= 0.3 is 0 Å². The Morgan fingerprint density at radius 1 is 1.29 bits per heavy atom. The summed E-state index contributed by atoms with van der Waals surface area (Å²) in [6, 6.07) is 0. The van der Waals surface area contributed by atoms with E-state index in [1.165, 1.54) is 0 Å². The third-order valence-corrected chi connectivity index (χ3v) is 2.39. The number of hydrogen-bond donors (Lipinski definition) is 2. The third kappa shape index (κ3) is 3.83. The van der Waals surface area contributed by atoms with Gasteiger partial charge in [-0.15, -0.1) is 0 Å². The van der Waals surface area contributed by atoms with Gasteiger partial charge in [-0.05, 0) is 6.92 Å².